The Hall–Kier alpha value is -1.60. The number of carbonyl (C=O) groups is 1. The Morgan fingerprint density at radius 1 is 1.39 bits per heavy atom. The fraction of sp³-hybridized carbons (Fsp3) is 0.750. The fourth-order valence-corrected chi connectivity index (χ4v) is 2.82. The molecule has 1 saturated heterocycles. The van der Waals surface area contributed by atoms with E-state index in [4.69, 9.17) is 4.74 Å². The van der Waals surface area contributed by atoms with Gasteiger partial charge in [0.1, 0.15) is 0 Å². The molecule has 23 heavy (non-hydrogen) atoms. The number of hydrogen-bond acceptors (Lipinski definition) is 4. The number of nitrogens with zero attached hydrogens (tertiary/aromatic N) is 3. The van der Waals surface area contributed by atoms with E-state index in [0.29, 0.717) is 13.1 Å². The molecule has 1 aliphatic heterocycles. The fourth-order valence-electron chi connectivity index (χ4n) is 2.82. The number of morpholine rings is 1. The molecule has 2 N–H and O–H groups in total. The molecule has 0 saturated carbocycles. The molecule has 0 bridgehead atoms. The van der Waals surface area contributed by atoms with Gasteiger partial charge in [-0.2, -0.15) is 5.10 Å². The first-order valence-corrected chi connectivity index (χ1v) is 8.35. The molecule has 7 nitrogen and oxygen atoms in total. The second kappa shape index (κ2) is 8.31. The highest BCUT2D eigenvalue weighted by molar-refractivity contribution is 5.73. The Labute approximate surface area is 138 Å². The number of ether oxygens (including phenoxy) is 1. The van der Waals surface area contributed by atoms with E-state index < -0.39 is 0 Å². The summed E-state index contributed by atoms with van der Waals surface area (Å²) in [6, 6.07) is -0.109. The summed E-state index contributed by atoms with van der Waals surface area (Å²) in [6.45, 7) is 9.01. The number of aromatic nitrogens is 2. The second-order valence-electron chi connectivity index (χ2n) is 6.33. The molecule has 1 aliphatic rings. The van der Waals surface area contributed by atoms with Gasteiger partial charge in [-0.3, -0.25) is 9.58 Å². The maximum Gasteiger partial charge on any atom is 0.314 e. The number of urea groups is 1. The molecular weight excluding hydrogens is 294 g/mol. The minimum absolute atomic E-state index is 0.0233. The van der Waals surface area contributed by atoms with Crippen LogP contribution in [-0.2, 0) is 18.2 Å². The second-order valence-corrected chi connectivity index (χ2v) is 6.33. The lowest BCUT2D eigenvalue weighted by molar-refractivity contribution is -0.0164. The quantitative estimate of drug-likeness (QED) is 0.777. The van der Waals surface area contributed by atoms with Crippen molar-refractivity contribution >= 4 is 6.03 Å². The maximum absolute atomic E-state index is 12.0. The lowest BCUT2D eigenvalue weighted by Gasteiger charge is -2.43. The van der Waals surface area contributed by atoms with E-state index in [2.05, 4.69) is 34.5 Å². The predicted octanol–water partition coefficient (Wildman–Crippen LogP) is 0.763. The average Bonchev–Trinajstić information content (AvgIpc) is 2.99. The highest BCUT2D eigenvalue weighted by Crippen LogP contribution is 2.19. The molecule has 1 unspecified atom stereocenters. The first kappa shape index (κ1) is 17.7. The van der Waals surface area contributed by atoms with Gasteiger partial charge in [0.2, 0.25) is 0 Å². The minimum Gasteiger partial charge on any atom is -0.379 e. The van der Waals surface area contributed by atoms with E-state index in [9.17, 15) is 4.79 Å². The van der Waals surface area contributed by atoms with Crippen LogP contribution in [0, 0.1) is 0 Å². The third-order valence-electron chi connectivity index (χ3n) is 4.62. The van der Waals surface area contributed by atoms with Gasteiger partial charge in [-0.05, 0) is 25.3 Å². The summed E-state index contributed by atoms with van der Waals surface area (Å²) in [5, 5.41) is 10.0. The van der Waals surface area contributed by atoms with Gasteiger partial charge in [0.15, 0.2) is 0 Å². The normalized spacial score (nSPS) is 18.4. The largest absolute Gasteiger partial charge is 0.379 e. The summed E-state index contributed by atoms with van der Waals surface area (Å²) >= 11 is 0. The van der Waals surface area contributed by atoms with Gasteiger partial charge in [0.05, 0.1) is 19.4 Å². The SMILES string of the molecule is CCC(C)(CNC(=O)NCCc1cnn(C)c1)N1CCOCC1. The van der Waals surface area contributed by atoms with Gasteiger partial charge in [-0.25, -0.2) is 4.79 Å². The molecule has 0 spiro atoms. The van der Waals surface area contributed by atoms with Gasteiger partial charge in [0, 0.05) is 45.0 Å². The van der Waals surface area contributed by atoms with Crippen LogP contribution in [0.4, 0.5) is 4.79 Å². The summed E-state index contributed by atoms with van der Waals surface area (Å²) in [7, 11) is 1.89. The predicted molar refractivity (Wildman–Crippen MR) is 89.4 cm³/mol. The molecule has 2 heterocycles. The molecule has 2 amide bonds. The number of aryl methyl sites for hydroxylation is 1. The van der Waals surface area contributed by atoms with E-state index in [1.807, 2.05) is 19.4 Å². The monoisotopic (exact) mass is 323 g/mol. The highest BCUT2D eigenvalue weighted by atomic mass is 16.5. The Morgan fingerprint density at radius 3 is 2.74 bits per heavy atom. The Morgan fingerprint density at radius 2 is 2.13 bits per heavy atom. The van der Waals surface area contributed by atoms with Crippen molar-refractivity contribution in [1.29, 1.82) is 0 Å². The maximum atomic E-state index is 12.0. The van der Waals surface area contributed by atoms with Crippen LogP contribution in [0.3, 0.4) is 0 Å². The van der Waals surface area contributed by atoms with Crippen molar-refractivity contribution in [3.05, 3.63) is 18.0 Å². The van der Waals surface area contributed by atoms with Crippen LogP contribution in [0.2, 0.25) is 0 Å². The Bertz CT molecular complexity index is 498. The van der Waals surface area contributed by atoms with Gasteiger partial charge in [-0.15, -0.1) is 0 Å². The van der Waals surface area contributed by atoms with Crippen molar-refractivity contribution in [2.24, 2.45) is 7.05 Å². The number of nitrogens with one attached hydrogen (secondary N) is 2. The van der Waals surface area contributed by atoms with Crippen LogP contribution in [0.25, 0.3) is 0 Å². The third kappa shape index (κ3) is 5.21. The van der Waals surface area contributed by atoms with E-state index in [-0.39, 0.29) is 11.6 Å². The Kier molecular flexibility index (Phi) is 6.41. The van der Waals surface area contributed by atoms with E-state index >= 15 is 0 Å². The van der Waals surface area contributed by atoms with Crippen LogP contribution in [0.15, 0.2) is 12.4 Å². The molecule has 0 radical (unpaired) electrons. The van der Waals surface area contributed by atoms with E-state index in [1.54, 1.807) is 4.68 Å². The zero-order valence-electron chi connectivity index (χ0n) is 14.5. The zero-order valence-corrected chi connectivity index (χ0v) is 14.5. The van der Waals surface area contributed by atoms with Crippen LogP contribution >= 0.6 is 0 Å². The molecule has 1 aromatic rings. The third-order valence-corrected chi connectivity index (χ3v) is 4.62. The van der Waals surface area contributed by atoms with Gasteiger partial charge in [-0.1, -0.05) is 6.92 Å². The number of rotatable bonds is 7. The molecule has 130 valence electrons. The van der Waals surface area contributed by atoms with Crippen LogP contribution in [-0.4, -0.2) is 65.6 Å². The van der Waals surface area contributed by atoms with Crippen molar-refractivity contribution in [2.75, 3.05) is 39.4 Å². The lowest BCUT2D eigenvalue weighted by Crippen LogP contribution is -2.57. The minimum atomic E-state index is -0.109. The summed E-state index contributed by atoms with van der Waals surface area (Å²) in [5.74, 6) is 0. The van der Waals surface area contributed by atoms with Crippen molar-refractivity contribution in [3.63, 3.8) is 0 Å². The average molecular weight is 323 g/mol. The molecule has 1 atom stereocenters. The van der Waals surface area contributed by atoms with Crippen molar-refractivity contribution in [2.45, 2.75) is 32.2 Å². The lowest BCUT2D eigenvalue weighted by atomic mass is 9.95. The van der Waals surface area contributed by atoms with Crippen LogP contribution in [0.5, 0.6) is 0 Å². The first-order chi connectivity index (χ1) is 11.0. The Balaban J connectivity index is 1.71. The molecule has 0 aliphatic carbocycles. The van der Waals surface area contributed by atoms with Gasteiger partial charge >= 0.3 is 6.03 Å². The smallest absolute Gasteiger partial charge is 0.314 e. The number of hydrogen-bond donors (Lipinski definition) is 2. The molecule has 0 aromatic carbocycles. The topological polar surface area (TPSA) is 71.4 Å². The van der Waals surface area contributed by atoms with Gasteiger partial charge < -0.3 is 15.4 Å². The molecule has 2 rings (SSSR count). The summed E-state index contributed by atoms with van der Waals surface area (Å²) < 4.78 is 7.18. The summed E-state index contributed by atoms with van der Waals surface area (Å²) in [5.41, 5.74) is 1.10. The molecule has 1 fully saturated rings. The molecule has 1 aromatic heterocycles. The summed E-state index contributed by atoms with van der Waals surface area (Å²) in [4.78, 5) is 14.4. The molecule has 7 heteroatoms. The van der Waals surface area contributed by atoms with Crippen molar-refractivity contribution in [3.8, 4) is 0 Å². The van der Waals surface area contributed by atoms with Crippen LogP contribution in [0.1, 0.15) is 25.8 Å². The van der Waals surface area contributed by atoms with Crippen LogP contribution < -0.4 is 10.6 Å². The molecular formula is C16H29N5O2. The summed E-state index contributed by atoms with van der Waals surface area (Å²) in [6.07, 6.45) is 5.57. The zero-order chi connectivity index (χ0) is 16.7. The van der Waals surface area contributed by atoms with Crippen molar-refractivity contribution in [1.82, 2.24) is 25.3 Å². The highest BCUT2D eigenvalue weighted by Gasteiger charge is 2.31. The number of carbonyl (C=O) groups excluding carboxylic acids is 1. The van der Waals surface area contributed by atoms with E-state index in [0.717, 1.165) is 44.7 Å². The first-order valence-electron chi connectivity index (χ1n) is 8.35. The van der Waals surface area contributed by atoms with Crippen molar-refractivity contribution < 1.29 is 9.53 Å². The standard InChI is InChI=1S/C16H29N5O2/c1-4-16(2,21-7-9-23-10-8-21)13-18-15(22)17-6-5-14-11-19-20(3)12-14/h11-12H,4-10,13H2,1-3H3,(H2,17,18,22). The number of amides is 2. The van der Waals surface area contributed by atoms with E-state index in [1.165, 1.54) is 0 Å². The van der Waals surface area contributed by atoms with Gasteiger partial charge in [0.25, 0.3) is 0 Å².